The van der Waals surface area contributed by atoms with Gasteiger partial charge in [0.15, 0.2) is 15.5 Å². The Morgan fingerprint density at radius 1 is 0.667 bits per heavy atom. The molecule has 21 heavy (non-hydrogen) atoms. The number of benzene rings is 3. The van der Waals surface area contributed by atoms with Gasteiger partial charge in [-0.1, -0.05) is 48.5 Å². The van der Waals surface area contributed by atoms with Crippen LogP contribution in [-0.2, 0) is 10.9 Å². The second-order valence-corrected chi connectivity index (χ2v) is 6.82. The summed E-state index contributed by atoms with van der Waals surface area (Å²) >= 11 is 0. The lowest BCUT2D eigenvalue weighted by atomic mass is 10.2. The van der Waals surface area contributed by atoms with Gasteiger partial charge in [-0.05, 0) is 37.3 Å². The first-order valence-electron chi connectivity index (χ1n) is 6.90. The molecule has 0 unspecified atom stereocenters. The highest BCUT2D eigenvalue weighted by molar-refractivity contribution is 7.97. The molecule has 3 aromatic carbocycles. The number of phenolic OH excluding ortho intramolecular Hbond substituents is 1. The third-order valence-corrected chi connectivity index (χ3v) is 5.78. The lowest BCUT2D eigenvalue weighted by Crippen LogP contribution is -2.06. The Morgan fingerprint density at radius 3 is 1.67 bits per heavy atom. The molecule has 3 rings (SSSR count). The van der Waals surface area contributed by atoms with Crippen LogP contribution in [0.1, 0.15) is 5.56 Å². The van der Waals surface area contributed by atoms with E-state index in [-0.39, 0.29) is 10.9 Å². The molecule has 0 fully saturated rings. The lowest BCUT2D eigenvalue weighted by Gasteiger charge is -2.11. The summed E-state index contributed by atoms with van der Waals surface area (Å²) in [6.45, 7) is 2.06. The minimum absolute atomic E-state index is 0.288. The van der Waals surface area contributed by atoms with E-state index in [9.17, 15) is 5.11 Å². The molecular formula is C19H17OS+. The number of hydrogen-bond donors (Lipinski definition) is 1. The largest absolute Gasteiger partial charge is 0.503 e. The molecule has 2 heteroatoms. The van der Waals surface area contributed by atoms with E-state index in [1.54, 1.807) is 6.07 Å². The molecule has 0 heterocycles. The fraction of sp³-hybridized carbons (Fsp3) is 0.0526. The normalized spacial score (nSPS) is 10.8. The summed E-state index contributed by atoms with van der Waals surface area (Å²) in [7, 11) is -0.288. The molecule has 0 spiro atoms. The monoisotopic (exact) mass is 293 g/mol. The van der Waals surface area contributed by atoms with Gasteiger partial charge in [0, 0.05) is 5.56 Å². The van der Waals surface area contributed by atoms with E-state index < -0.39 is 0 Å². The average molecular weight is 293 g/mol. The number of rotatable bonds is 3. The van der Waals surface area contributed by atoms with Gasteiger partial charge in [0.25, 0.3) is 0 Å². The summed E-state index contributed by atoms with van der Waals surface area (Å²) in [5.41, 5.74) is 1.12. The highest BCUT2D eigenvalue weighted by Crippen LogP contribution is 2.37. The first-order valence-corrected chi connectivity index (χ1v) is 8.13. The van der Waals surface area contributed by atoms with Crippen LogP contribution in [0.2, 0.25) is 0 Å². The maximum atomic E-state index is 10.4. The van der Waals surface area contributed by atoms with Crippen molar-refractivity contribution in [2.75, 3.05) is 0 Å². The number of phenols is 1. The Bertz CT molecular complexity index is 663. The van der Waals surface area contributed by atoms with Crippen molar-refractivity contribution in [2.24, 2.45) is 0 Å². The predicted octanol–water partition coefficient (Wildman–Crippen LogP) is 4.80. The number of hydrogen-bond acceptors (Lipinski definition) is 1. The lowest BCUT2D eigenvalue weighted by molar-refractivity contribution is 0.461. The van der Waals surface area contributed by atoms with Crippen LogP contribution in [0, 0.1) is 6.92 Å². The zero-order chi connectivity index (χ0) is 14.7. The second kappa shape index (κ2) is 6.06. The van der Waals surface area contributed by atoms with Crippen LogP contribution >= 0.6 is 0 Å². The van der Waals surface area contributed by atoms with Crippen LogP contribution in [-0.4, -0.2) is 5.11 Å². The van der Waals surface area contributed by atoms with Gasteiger partial charge in [-0.15, -0.1) is 0 Å². The third kappa shape index (κ3) is 2.81. The smallest absolute Gasteiger partial charge is 0.210 e. The van der Waals surface area contributed by atoms with Crippen molar-refractivity contribution in [1.29, 1.82) is 0 Å². The van der Waals surface area contributed by atoms with E-state index >= 15 is 0 Å². The van der Waals surface area contributed by atoms with E-state index in [1.807, 2.05) is 42.5 Å². The fourth-order valence-corrected chi connectivity index (χ4v) is 4.66. The molecule has 3 aromatic rings. The van der Waals surface area contributed by atoms with Crippen LogP contribution in [0.5, 0.6) is 5.75 Å². The van der Waals surface area contributed by atoms with E-state index in [4.69, 9.17) is 0 Å². The first kappa shape index (κ1) is 13.8. The molecule has 1 N–H and O–H groups in total. The molecule has 0 aromatic heterocycles. The van der Waals surface area contributed by atoms with Gasteiger partial charge in [0.1, 0.15) is 10.9 Å². The summed E-state index contributed by atoms with van der Waals surface area (Å²) in [5.74, 6) is 0.367. The molecule has 0 amide bonds. The quantitative estimate of drug-likeness (QED) is 0.688. The van der Waals surface area contributed by atoms with Crippen molar-refractivity contribution in [2.45, 2.75) is 21.6 Å². The molecule has 0 aliphatic carbocycles. The summed E-state index contributed by atoms with van der Waals surface area (Å²) in [6, 6.07) is 26.5. The summed E-state index contributed by atoms with van der Waals surface area (Å²) < 4.78 is 0. The van der Waals surface area contributed by atoms with Crippen molar-refractivity contribution in [1.82, 2.24) is 0 Å². The zero-order valence-corrected chi connectivity index (χ0v) is 12.7. The van der Waals surface area contributed by atoms with Crippen LogP contribution in [0.4, 0.5) is 0 Å². The SMILES string of the molecule is Cc1cccc(O)c1[S+](c1ccccc1)c1ccccc1. The van der Waals surface area contributed by atoms with Gasteiger partial charge >= 0.3 is 0 Å². The van der Waals surface area contributed by atoms with Gasteiger partial charge in [0.05, 0.1) is 0 Å². The highest BCUT2D eigenvalue weighted by Gasteiger charge is 2.32. The molecule has 1 nitrogen and oxygen atoms in total. The van der Waals surface area contributed by atoms with Gasteiger partial charge in [-0.3, -0.25) is 0 Å². The molecule has 0 saturated heterocycles. The Morgan fingerprint density at radius 2 is 1.19 bits per heavy atom. The molecular weight excluding hydrogens is 276 g/mol. The fourth-order valence-electron chi connectivity index (χ4n) is 2.39. The Kier molecular flexibility index (Phi) is 3.98. The standard InChI is InChI=1S/C19H16OS/c1-15-9-8-14-18(20)19(15)21(16-10-4-2-5-11-16)17-12-6-3-7-13-17/h2-14H,1H3/p+1. The van der Waals surface area contributed by atoms with Crippen LogP contribution in [0.15, 0.2) is 93.5 Å². The summed E-state index contributed by atoms with van der Waals surface area (Å²) in [4.78, 5) is 3.44. The van der Waals surface area contributed by atoms with Crippen molar-refractivity contribution < 1.29 is 5.11 Å². The minimum Gasteiger partial charge on any atom is -0.503 e. The van der Waals surface area contributed by atoms with Crippen LogP contribution < -0.4 is 0 Å². The second-order valence-electron chi connectivity index (χ2n) is 4.86. The topological polar surface area (TPSA) is 20.2 Å². The maximum absolute atomic E-state index is 10.4. The van der Waals surface area contributed by atoms with Crippen LogP contribution in [0.3, 0.4) is 0 Å². The van der Waals surface area contributed by atoms with Crippen LogP contribution in [0.25, 0.3) is 0 Å². The molecule has 104 valence electrons. The van der Waals surface area contributed by atoms with Gasteiger partial charge in [-0.25, -0.2) is 0 Å². The molecule has 0 aliphatic heterocycles. The molecule has 0 aliphatic rings. The van der Waals surface area contributed by atoms with Crippen molar-refractivity contribution in [3.8, 4) is 5.75 Å². The van der Waals surface area contributed by atoms with Crippen molar-refractivity contribution in [3.63, 3.8) is 0 Å². The van der Waals surface area contributed by atoms with E-state index in [0.29, 0.717) is 5.75 Å². The zero-order valence-electron chi connectivity index (χ0n) is 11.9. The highest BCUT2D eigenvalue weighted by atomic mass is 32.2. The number of aryl methyl sites for hydroxylation is 1. The maximum Gasteiger partial charge on any atom is 0.210 e. The van der Waals surface area contributed by atoms with E-state index in [1.165, 1.54) is 9.79 Å². The average Bonchev–Trinajstić information content (AvgIpc) is 2.53. The third-order valence-electron chi connectivity index (χ3n) is 3.35. The van der Waals surface area contributed by atoms with Gasteiger partial charge < -0.3 is 5.11 Å². The van der Waals surface area contributed by atoms with Gasteiger partial charge in [0.2, 0.25) is 4.90 Å². The molecule has 0 radical (unpaired) electrons. The van der Waals surface area contributed by atoms with E-state index in [2.05, 4.69) is 37.3 Å². The summed E-state index contributed by atoms with van der Waals surface area (Å²) in [6.07, 6.45) is 0. The first-order chi connectivity index (χ1) is 10.3. The number of aromatic hydroxyl groups is 1. The Hall–Kier alpha value is -2.19. The van der Waals surface area contributed by atoms with Gasteiger partial charge in [-0.2, -0.15) is 0 Å². The van der Waals surface area contributed by atoms with Crippen molar-refractivity contribution in [3.05, 3.63) is 84.4 Å². The predicted molar refractivity (Wildman–Crippen MR) is 87.9 cm³/mol. The summed E-state index contributed by atoms with van der Waals surface area (Å²) in [5, 5.41) is 10.4. The van der Waals surface area contributed by atoms with Crippen molar-refractivity contribution >= 4 is 10.9 Å². The Labute approximate surface area is 128 Å². The molecule has 0 atom stereocenters. The van der Waals surface area contributed by atoms with E-state index in [0.717, 1.165) is 10.5 Å². The Balaban J connectivity index is 2.23. The molecule has 0 saturated carbocycles. The molecule has 0 bridgehead atoms. The minimum atomic E-state index is -0.288.